The normalized spacial score (nSPS) is 11.9. The van der Waals surface area contributed by atoms with E-state index in [9.17, 15) is 0 Å². The summed E-state index contributed by atoms with van der Waals surface area (Å²) in [5.74, 6) is 0.958. The van der Waals surface area contributed by atoms with Gasteiger partial charge in [0, 0.05) is 17.6 Å². The van der Waals surface area contributed by atoms with Crippen LogP contribution in [-0.2, 0) is 6.54 Å². The molecule has 3 heteroatoms. The van der Waals surface area contributed by atoms with E-state index in [2.05, 4.69) is 44.9 Å². The van der Waals surface area contributed by atoms with Gasteiger partial charge in [0.25, 0.3) is 0 Å². The molecular weight excluding hydrogens is 224 g/mol. The summed E-state index contributed by atoms with van der Waals surface area (Å²) in [7, 11) is 3.84. The standard InChI is InChI=1S/C15H26N2O/c1-12-6-7-14(18-5)13(10-12)11-17(4)9-8-15(2,3)16/h6-7,10H,8-9,11,16H2,1-5H3. The van der Waals surface area contributed by atoms with Gasteiger partial charge in [0.05, 0.1) is 7.11 Å². The number of ether oxygens (including phenoxy) is 1. The zero-order valence-electron chi connectivity index (χ0n) is 12.3. The second-order valence-corrected chi connectivity index (χ2v) is 5.79. The molecule has 18 heavy (non-hydrogen) atoms. The zero-order chi connectivity index (χ0) is 13.8. The maximum Gasteiger partial charge on any atom is 0.123 e. The highest BCUT2D eigenvalue weighted by Gasteiger charge is 2.13. The number of rotatable bonds is 6. The van der Waals surface area contributed by atoms with Crippen LogP contribution in [-0.4, -0.2) is 31.1 Å². The molecule has 0 heterocycles. The summed E-state index contributed by atoms with van der Waals surface area (Å²) in [6.07, 6.45) is 0.984. The molecule has 0 fully saturated rings. The van der Waals surface area contributed by atoms with Gasteiger partial charge in [0.2, 0.25) is 0 Å². The van der Waals surface area contributed by atoms with Crippen LogP contribution in [0.2, 0.25) is 0 Å². The van der Waals surface area contributed by atoms with E-state index in [0.29, 0.717) is 0 Å². The van der Waals surface area contributed by atoms with Gasteiger partial charge in [-0.1, -0.05) is 17.7 Å². The molecule has 0 aliphatic heterocycles. The Bertz CT molecular complexity index is 383. The zero-order valence-corrected chi connectivity index (χ0v) is 12.3. The van der Waals surface area contributed by atoms with Crippen LogP contribution in [0.5, 0.6) is 5.75 Å². The number of methoxy groups -OCH3 is 1. The fourth-order valence-electron chi connectivity index (χ4n) is 1.88. The van der Waals surface area contributed by atoms with Crippen LogP contribution in [0.25, 0.3) is 0 Å². The van der Waals surface area contributed by atoms with Gasteiger partial charge in [0.15, 0.2) is 0 Å². The van der Waals surface area contributed by atoms with E-state index >= 15 is 0 Å². The van der Waals surface area contributed by atoms with Crippen molar-refractivity contribution in [2.24, 2.45) is 5.73 Å². The molecule has 1 aromatic rings. The minimum absolute atomic E-state index is 0.106. The molecule has 0 amide bonds. The van der Waals surface area contributed by atoms with Crippen molar-refractivity contribution in [2.45, 2.75) is 39.3 Å². The number of nitrogens with two attached hydrogens (primary N) is 1. The average Bonchev–Trinajstić information content (AvgIpc) is 2.26. The topological polar surface area (TPSA) is 38.5 Å². The summed E-state index contributed by atoms with van der Waals surface area (Å²) in [5, 5.41) is 0. The Hall–Kier alpha value is -1.06. The smallest absolute Gasteiger partial charge is 0.123 e. The second kappa shape index (κ2) is 6.21. The Kier molecular flexibility index (Phi) is 5.17. The molecule has 0 saturated heterocycles. The van der Waals surface area contributed by atoms with Crippen molar-refractivity contribution in [3.8, 4) is 5.75 Å². The predicted molar refractivity (Wildman–Crippen MR) is 76.9 cm³/mol. The molecule has 0 aromatic heterocycles. The summed E-state index contributed by atoms with van der Waals surface area (Å²) in [4.78, 5) is 2.28. The first kappa shape index (κ1) is 15.0. The Balaban J connectivity index is 2.63. The van der Waals surface area contributed by atoms with Crippen LogP contribution in [0.3, 0.4) is 0 Å². The lowest BCUT2D eigenvalue weighted by molar-refractivity contribution is 0.284. The predicted octanol–water partition coefficient (Wildman–Crippen LogP) is 2.56. The minimum atomic E-state index is -0.106. The quantitative estimate of drug-likeness (QED) is 0.843. The number of hydrogen-bond donors (Lipinski definition) is 1. The molecule has 0 bridgehead atoms. The van der Waals surface area contributed by atoms with Gasteiger partial charge in [-0.15, -0.1) is 0 Å². The molecule has 1 rings (SSSR count). The van der Waals surface area contributed by atoms with Crippen LogP contribution in [0.4, 0.5) is 0 Å². The molecule has 0 aliphatic carbocycles. The molecule has 3 nitrogen and oxygen atoms in total. The minimum Gasteiger partial charge on any atom is -0.496 e. The largest absolute Gasteiger partial charge is 0.496 e. The molecule has 0 atom stereocenters. The Labute approximate surface area is 111 Å². The van der Waals surface area contributed by atoms with Crippen LogP contribution in [0.1, 0.15) is 31.4 Å². The number of benzene rings is 1. The summed E-state index contributed by atoms with van der Waals surface area (Å²) < 4.78 is 5.40. The molecule has 1 aromatic carbocycles. The van der Waals surface area contributed by atoms with Crippen molar-refractivity contribution >= 4 is 0 Å². The molecule has 102 valence electrons. The van der Waals surface area contributed by atoms with Gasteiger partial charge in [-0.05, 0) is 46.9 Å². The number of nitrogens with zero attached hydrogens (tertiary/aromatic N) is 1. The van der Waals surface area contributed by atoms with E-state index in [4.69, 9.17) is 10.5 Å². The highest BCUT2D eigenvalue weighted by atomic mass is 16.5. The van der Waals surface area contributed by atoms with Crippen LogP contribution in [0.15, 0.2) is 18.2 Å². The van der Waals surface area contributed by atoms with E-state index in [0.717, 1.165) is 25.3 Å². The third-order valence-corrected chi connectivity index (χ3v) is 3.01. The maximum absolute atomic E-state index is 6.01. The van der Waals surface area contributed by atoms with Crippen LogP contribution in [0, 0.1) is 6.92 Å². The van der Waals surface area contributed by atoms with Crippen molar-refractivity contribution in [1.82, 2.24) is 4.90 Å². The molecule has 2 N–H and O–H groups in total. The SMILES string of the molecule is COc1ccc(C)cc1CN(C)CCC(C)(C)N. The first-order valence-corrected chi connectivity index (χ1v) is 6.43. The maximum atomic E-state index is 6.01. The molecular formula is C15H26N2O. The van der Waals surface area contributed by atoms with Crippen LogP contribution >= 0.6 is 0 Å². The van der Waals surface area contributed by atoms with E-state index in [1.165, 1.54) is 11.1 Å². The summed E-state index contributed by atoms with van der Waals surface area (Å²) in [5.41, 5.74) is 8.39. The lowest BCUT2D eigenvalue weighted by Gasteiger charge is -2.24. The Morgan fingerprint density at radius 3 is 2.56 bits per heavy atom. The average molecular weight is 250 g/mol. The van der Waals surface area contributed by atoms with Crippen molar-refractivity contribution in [3.63, 3.8) is 0 Å². The summed E-state index contributed by atoms with van der Waals surface area (Å²) >= 11 is 0. The first-order valence-electron chi connectivity index (χ1n) is 6.43. The number of hydrogen-bond acceptors (Lipinski definition) is 3. The van der Waals surface area contributed by atoms with E-state index in [1.807, 2.05) is 6.07 Å². The molecule has 0 unspecified atom stereocenters. The van der Waals surface area contributed by atoms with Gasteiger partial charge in [-0.25, -0.2) is 0 Å². The van der Waals surface area contributed by atoms with Crippen molar-refractivity contribution in [1.29, 1.82) is 0 Å². The molecule has 0 aliphatic rings. The van der Waals surface area contributed by atoms with E-state index in [-0.39, 0.29) is 5.54 Å². The fourth-order valence-corrected chi connectivity index (χ4v) is 1.88. The third-order valence-electron chi connectivity index (χ3n) is 3.01. The lowest BCUT2D eigenvalue weighted by Crippen LogP contribution is -2.36. The highest BCUT2D eigenvalue weighted by molar-refractivity contribution is 5.36. The van der Waals surface area contributed by atoms with E-state index < -0.39 is 0 Å². The van der Waals surface area contributed by atoms with Gasteiger partial charge >= 0.3 is 0 Å². The van der Waals surface area contributed by atoms with Gasteiger partial charge in [-0.2, -0.15) is 0 Å². The van der Waals surface area contributed by atoms with Crippen LogP contribution < -0.4 is 10.5 Å². The lowest BCUT2D eigenvalue weighted by atomic mass is 10.0. The first-order chi connectivity index (χ1) is 8.31. The van der Waals surface area contributed by atoms with Crippen molar-refractivity contribution < 1.29 is 4.74 Å². The third kappa shape index (κ3) is 5.07. The van der Waals surface area contributed by atoms with E-state index in [1.54, 1.807) is 7.11 Å². The Morgan fingerprint density at radius 1 is 1.33 bits per heavy atom. The molecule has 0 saturated carbocycles. The van der Waals surface area contributed by atoms with Gasteiger partial charge in [-0.3, -0.25) is 0 Å². The molecule has 0 spiro atoms. The fraction of sp³-hybridized carbons (Fsp3) is 0.600. The van der Waals surface area contributed by atoms with Gasteiger partial charge < -0.3 is 15.4 Å². The van der Waals surface area contributed by atoms with Crippen molar-refractivity contribution in [3.05, 3.63) is 29.3 Å². The van der Waals surface area contributed by atoms with Crippen molar-refractivity contribution in [2.75, 3.05) is 20.7 Å². The summed E-state index contributed by atoms with van der Waals surface area (Å²) in [6.45, 7) is 8.11. The molecule has 0 radical (unpaired) electrons. The second-order valence-electron chi connectivity index (χ2n) is 5.79. The monoisotopic (exact) mass is 250 g/mol. The van der Waals surface area contributed by atoms with Gasteiger partial charge in [0.1, 0.15) is 5.75 Å². The number of aryl methyl sites for hydroxylation is 1. The Morgan fingerprint density at radius 2 is 2.00 bits per heavy atom. The summed E-state index contributed by atoms with van der Waals surface area (Å²) in [6, 6.07) is 6.29. The highest BCUT2D eigenvalue weighted by Crippen LogP contribution is 2.21.